The number of methoxy groups -OCH3 is 1. The quantitative estimate of drug-likeness (QED) is 0.818. The lowest BCUT2D eigenvalue weighted by atomic mass is 10.2. The highest BCUT2D eigenvalue weighted by atomic mass is 16.5. The Bertz CT molecular complexity index is 440. The van der Waals surface area contributed by atoms with E-state index in [1.54, 1.807) is 31.4 Å². The number of amides is 1. The molecule has 1 aromatic carbocycles. The van der Waals surface area contributed by atoms with E-state index in [-0.39, 0.29) is 18.6 Å². The molecule has 0 aromatic heterocycles. The summed E-state index contributed by atoms with van der Waals surface area (Å²) in [6, 6.07) is 8.79. The third kappa shape index (κ3) is 4.44. The number of hydrogen-bond acceptors (Lipinski definition) is 4. The number of benzene rings is 1. The van der Waals surface area contributed by atoms with Gasteiger partial charge in [-0.3, -0.25) is 4.79 Å². The van der Waals surface area contributed by atoms with Crippen molar-refractivity contribution in [3.8, 4) is 11.8 Å². The second kappa shape index (κ2) is 7.30. The van der Waals surface area contributed by atoms with Crippen molar-refractivity contribution in [2.45, 2.75) is 13.0 Å². The molecule has 1 aromatic rings. The SMILES string of the molecule is COC(C)CNC(=O)COc1ccccc1C#N. The van der Waals surface area contributed by atoms with Gasteiger partial charge in [-0.25, -0.2) is 0 Å². The van der Waals surface area contributed by atoms with Gasteiger partial charge in [-0.05, 0) is 19.1 Å². The molecular weight excluding hydrogens is 232 g/mol. The van der Waals surface area contributed by atoms with Crippen LogP contribution in [-0.4, -0.2) is 32.3 Å². The maximum absolute atomic E-state index is 11.5. The van der Waals surface area contributed by atoms with E-state index in [0.717, 1.165) is 0 Å². The van der Waals surface area contributed by atoms with Gasteiger partial charge in [-0.1, -0.05) is 12.1 Å². The summed E-state index contributed by atoms with van der Waals surface area (Å²) in [5, 5.41) is 11.5. The minimum atomic E-state index is -0.244. The molecule has 0 aliphatic carbocycles. The van der Waals surface area contributed by atoms with Gasteiger partial charge < -0.3 is 14.8 Å². The van der Waals surface area contributed by atoms with Crippen LogP contribution in [0.2, 0.25) is 0 Å². The van der Waals surface area contributed by atoms with E-state index in [1.807, 2.05) is 13.0 Å². The molecule has 0 saturated heterocycles. The van der Waals surface area contributed by atoms with Gasteiger partial charge >= 0.3 is 0 Å². The molecule has 0 saturated carbocycles. The number of carbonyl (C=O) groups excluding carboxylic acids is 1. The van der Waals surface area contributed by atoms with E-state index in [0.29, 0.717) is 17.9 Å². The highest BCUT2D eigenvalue weighted by Crippen LogP contribution is 2.15. The van der Waals surface area contributed by atoms with Crippen molar-refractivity contribution in [3.63, 3.8) is 0 Å². The van der Waals surface area contributed by atoms with Crippen LogP contribution in [0.4, 0.5) is 0 Å². The average molecular weight is 248 g/mol. The third-order valence-corrected chi connectivity index (χ3v) is 2.36. The highest BCUT2D eigenvalue weighted by molar-refractivity contribution is 5.77. The van der Waals surface area contributed by atoms with Crippen molar-refractivity contribution in [2.24, 2.45) is 0 Å². The largest absolute Gasteiger partial charge is 0.482 e. The molecule has 1 N–H and O–H groups in total. The van der Waals surface area contributed by atoms with E-state index in [2.05, 4.69) is 5.32 Å². The average Bonchev–Trinajstić information content (AvgIpc) is 2.42. The number of para-hydroxylation sites is 1. The van der Waals surface area contributed by atoms with Crippen LogP contribution in [0.15, 0.2) is 24.3 Å². The van der Waals surface area contributed by atoms with Gasteiger partial charge in [-0.15, -0.1) is 0 Å². The third-order valence-electron chi connectivity index (χ3n) is 2.36. The minimum absolute atomic E-state index is 0.0413. The van der Waals surface area contributed by atoms with Crippen LogP contribution in [-0.2, 0) is 9.53 Å². The van der Waals surface area contributed by atoms with Crippen molar-refractivity contribution in [3.05, 3.63) is 29.8 Å². The summed E-state index contributed by atoms with van der Waals surface area (Å²) >= 11 is 0. The van der Waals surface area contributed by atoms with Gasteiger partial charge in [-0.2, -0.15) is 5.26 Å². The lowest BCUT2D eigenvalue weighted by molar-refractivity contribution is -0.123. The topological polar surface area (TPSA) is 71.3 Å². The van der Waals surface area contributed by atoms with Gasteiger partial charge in [0.1, 0.15) is 11.8 Å². The van der Waals surface area contributed by atoms with Crippen LogP contribution in [0.3, 0.4) is 0 Å². The molecule has 0 spiro atoms. The summed E-state index contributed by atoms with van der Waals surface area (Å²) in [5.41, 5.74) is 0.413. The molecule has 0 fully saturated rings. The minimum Gasteiger partial charge on any atom is -0.482 e. The van der Waals surface area contributed by atoms with Gasteiger partial charge in [0.2, 0.25) is 0 Å². The molecule has 0 aliphatic rings. The van der Waals surface area contributed by atoms with Crippen LogP contribution >= 0.6 is 0 Å². The number of nitrogens with zero attached hydrogens (tertiary/aromatic N) is 1. The standard InChI is InChI=1S/C13H16N2O3/c1-10(17-2)8-15-13(16)9-18-12-6-4-3-5-11(12)7-14/h3-6,10H,8-9H2,1-2H3,(H,15,16). The molecule has 0 bridgehead atoms. The maximum Gasteiger partial charge on any atom is 0.258 e. The van der Waals surface area contributed by atoms with Gasteiger partial charge in [0, 0.05) is 13.7 Å². The Morgan fingerprint density at radius 2 is 2.22 bits per heavy atom. The Hall–Kier alpha value is -2.06. The Morgan fingerprint density at radius 1 is 1.50 bits per heavy atom. The monoisotopic (exact) mass is 248 g/mol. The van der Waals surface area contributed by atoms with Crippen LogP contribution in [0.25, 0.3) is 0 Å². The zero-order chi connectivity index (χ0) is 13.4. The van der Waals surface area contributed by atoms with Gasteiger partial charge in [0.25, 0.3) is 5.91 Å². The number of nitrogens with one attached hydrogen (secondary N) is 1. The molecule has 0 radical (unpaired) electrons. The Kier molecular flexibility index (Phi) is 5.68. The van der Waals surface area contributed by atoms with Crippen molar-refractivity contribution in [1.82, 2.24) is 5.32 Å². The predicted molar refractivity (Wildman–Crippen MR) is 66.1 cm³/mol. The fourth-order valence-corrected chi connectivity index (χ4v) is 1.22. The van der Waals surface area contributed by atoms with Crippen LogP contribution in [0.5, 0.6) is 5.75 Å². The van der Waals surface area contributed by atoms with Gasteiger partial charge in [0.05, 0.1) is 11.7 Å². The van der Waals surface area contributed by atoms with E-state index in [1.165, 1.54) is 0 Å². The molecule has 5 nitrogen and oxygen atoms in total. The Labute approximate surface area is 106 Å². The molecule has 0 heterocycles. The number of nitriles is 1. The first kappa shape index (κ1) is 14.0. The maximum atomic E-state index is 11.5. The summed E-state index contributed by atoms with van der Waals surface area (Å²) < 4.78 is 10.3. The molecule has 1 unspecified atom stereocenters. The first-order valence-corrected chi connectivity index (χ1v) is 5.58. The summed E-state index contributed by atoms with van der Waals surface area (Å²) in [5.74, 6) is 0.168. The van der Waals surface area contributed by atoms with Crippen molar-refractivity contribution < 1.29 is 14.3 Å². The lowest BCUT2D eigenvalue weighted by Gasteiger charge is -2.11. The fraction of sp³-hybridized carbons (Fsp3) is 0.385. The smallest absolute Gasteiger partial charge is 0.258 e. The van der Waals surface area contributed by atoms with E-state index < -0.39 is 0 Å². The second-order valence-electron chi connectivity index (χ2n) is 3.75. The van der Waals surface area contributed by atoms with E-state index in [4.69, 9.17) is 14.7 Å². The molecule has 96 valence electrons. The summed E-state index contributed by atoms with van der Waals surface area (Å²) in [7, 11) is 1.58. The number of rotatable bonds is 6. The fourth-order valence-electron chi connectivity index (χ4n) is 1.22. The molecule has 1 rings (SSSR count). The Balaban J connectivity index is 2.41. The summed E-state index contributed by atoms with van der Waals surface area (Å²) in [6.45, 7) is 2.17. The first-order valence-electron chi connectivity index (χ1n) is 5.58. The summed E-state index contributed by atoms with van der Waals surface area (Å²) in [6.07, 6.45) is -0.0413. The lowest BCUT2D eigenvalue weighted by Crippen LogP contribution is -2.34. The van der Waals surface area contributed by atoms with Crippen LogP contribution < -0.4 is 10.1 Å². The molecule has 18 heavy (non-hydrogen) atoms. The molecule has 1 amide bonds. The number of hydrogen-bond donors (Lipinski definition) is 1. The molecule has 5 heteroatoms. The van der Waals surface area contributed by atoms with E-state index >= 15 is 0 Å². The van der Waals surface area contributed by atoms with Crippen molar-refractivity contribution in [1.29, 1.82) is 5.26 Å². The second-order valence-corrected chi connectivity index (χ2v) is 3.75. The van der Waals surface area contributed by atoms with Crippen molar-refractivity contribution in [2.75, 3.05) is 20.3 Å². The molecule has 0 aliphatic heterocycles. The number of carbonyl (C=O) groups is 1. The normalized spacial score (nSPS) is 11.4. The molecular formula is C13H16N2O3. The highest BCUT2D eigenvalue weighted by Gasteiger charge is 2.07. The van der Waals surface area contributed by atoms with Crippen molar-refractivity contribution >= 4 is 5.91 Å². The zero-order valence-electron chi connectivity index (χ0n) is 10.5. The van der Waals surface area contributed by atoms with Crippen LogP contribution in [0, 0.1) is 11.3 Å². The Morgan fingerprint density at radius 3 is 2.89 bits per heavy atom. The van der Waals surface area contributed by atoms with Crippen LogP contribution in [0.1, 0.15) is 12.5 Å². The predicted octanol–water partition coefficient (Wildman–Crippen LogP) is 1.09. The molecule has 1 atom stereocenters. The zero-order valence-corrected chi connectivity index (χ0v) is 10.5. The van der Waals surface area contributed by atoms with E-state index in [9.17, 15) is 4.79 Å². The number of ether oxygens (including phenoxy) is 2. The first-order chi connectivity index (χ1) is 8.67. The van der Waals surface area contributed by atoms with Gasteiger partial charge in [0.15, 0.2) is 6.61 Å². The summed E-state index contributed by atoms with van der Waals surface area (Å²) in [4.78, 5) is 11.5.